The summed E-state index contributed by atoms with van der Waals surface area (Å²) < 4.78 is 9.92. The minimum atomic E-state index is -0.955. The Morgan fingerprint density at radius 3 is 2.68 bits per heavy atom. The van der Waals surface area contributed by atoms with Gasteiger partial charge in [-0.05, 0) is 18.8 Å². The van der Waals surface area contributed by atoms with Crippen molar-refractivity contribution in [3.05, 3.63) is 0 Å². The lowest BCUT2D eigenvalue weighted by Crippen LogP contribution is -2.59. The molecule has 1 saturated carbocycles. The van der Waals surface area contributed by atoms with Crippen molar-refractivity contribution in [2.75, 3.05) is 26.9 Å². The Hall–Kier alpha value is -1.61. The lowest BCUT2D eigenvalue weighted by atomic mass is 9.62. The third-order valence-corrected chi connectivity index (χ3v) is 3.88. The molecule has 1 unspecified atom stereocenters. The number of morpholine rings is 1. The van der Waals surface area contributed by atoms with Crippen molar-refractivity contribution in [1.82, 2.24) is 4.90 Å². The van der Waals surface area contributed by atoms with Crippen molar-refractivity contribution in [1.29, 1.82) is 5.26 Å². The smallest absolute Gasteiger partial charge is 0.331 e. The number of amides is 1. The van der Waals surface area contributed by atoms with Crippen LogP contribution in [-0.2, 0) is 19.1 Å². The third kappa shape index (κ3) is 2.30. The van der Waals surface area contributed by atoms with Crippen molar-refractivity contribution in [3.63, 3.8) is 0 Å². The zero-order chi connectivity index (χ0) is 14.0. The number of carbonyl (C=O) groups excluding carboxylic acids is 2. The maximum absolute atomic E-state index is 12.5. The van der Waals surface area contributed by atoms with E-state index in [0.29, 0.717) is 31.9 Å². The first kappa shape index (κ1) is 13.8. The van der Waals surface area contributed by atoms with Crippen LogP contribution in [0.25, 0.3) is 0 Å². The van der Waals surface area contributed by atoms with E-state index in [4.69, 9.17) is 9.47 Å². The molecule has 1 saturated heterocycles. The zero-order valence-electron chi connectivity index (χ0n) is 11.2. The average molecular weight is 266 g/mol. The molecule has 6 nitrogen and oxygen atoms in total. The SMILES string of the molecule is COC(=O)C1COCCN1C(=O)C1(C#N)CC(C)C1. The highest BCUT2D eigenvalue weighted by Crippen LogP contribution is 2.46. The number of ether oxygens (including phenoxy) is 2. The van der Waals surface area contributed by atoms with Gasteiger partial charge in [0.2, 0.25) is 5.91 Å². The quantitative estimate of drug-likeness (QED) is 0.673. The van der Waals surface area contributed by atoms with Crippen molar-refractivity contribution < 1.29 is 19.1 Å². The van der Waals surface area contributed by atoms with Gasteiger partial charge in [0.15, 0.2) is 6.04 Å². The highest BCUT2D eigenvalue weighted by Gasteiger charge is 2.52. The molecule has 1 amide bonds. The molecule has 0 spiro atoms. The third-order valence-electron chi connectivity index (χ3n) is 3.88. The molecule has 0 aromatic rings. The second kappa shape index (κ2) is 5.17. The fourth-order valence-corrected chi connectivity index (χ4v) is 2.90. The molecule has 1 atom stereocenters. The summed E-state index contributed by atoms with van der Waals surface area (Å²) in [6.07, 6.45) is 1.13. The first-order valence-corrected chi connectivity index (χ1v) is 6.42. The number of carbonyl (C=O) groups is 2. The maximum Gasteiger partial charge on any atom is 0.331 e. The van der Waals surface area contributed by atoms with Gasteiger partial charge >= 0.3 is 5.97 Å². The molecular weight excluding hydrogens is 248 g/mol. The van der Waals surface area contributed by atoms with Crippen LogP contribution >= 0.6 is 0 Å². The largest absolute Gasteiger partial charge is 0.467 e. The lowest BCUT2D eigenvalue weighted by molar-refractivity contribution is -0.167. The summed E-state index contributed by atoms with van der Waals surface area (Å²) in [5.74, 6) is -0.374. The first-order chi connectivity index (χ1) is 9.04. The molecule has 0 aromatic heterocycles. The molecule has 0 bridgehead atoms. The Morgan fingerprint density at radius 2 is 2.16 bits per heavy atom. The minimum absolute atomic E-state index is 0.134. The highest BCUT2D eigenvalue weighted by molar-refractivity contribution is 5.91. The van der Waals surface area contributed by atoms with Crippen LogP contribution in [0.1, 0.15) is 19.8 Å². The van der Waals surface area contributed by atoms with Gasteiger partial charge in [-0.2, -0.15) is 5.26 Å². The summed E-state index contributed by atoms with van der Waals surface area (Å²) in [4.78, 5) is 25.7. The molecule has 1 heterocycles. The number of hydrogen-bond acceptors (Lipinski definition) is 5. The second-order valence-electron chi connectivity index (χ2n) is 5.32. The Morgan fingerprint density at radius 1 is 1.47 bits per heavy atom. The number of hydrogen-bond donors (Lipinski definition) is 0. The first-order valence-electron chi connectivity index (χ1n) is 6.42. The molecule has 2 aliphatic rings. The van der Waals surface area contributed by atoms with E-state index in [-0.39, 0.29) is 12.5 Å². The van der Waals surface area contributed by atoms with Gasteiger partial charge in [0.1, 0.15) is 5.41 Å². The van der Waals surface area contributed by atoms with Crippen LogP contribution in [0.3, 0.4) is 0 Å². The van der Waals surface area contributed by atoms with Gasteiger partial charge < -0.3 is 14.4 Å². The summed E-state index contributed by atoms with van der Waals surface area (Å²) >= 11 is 0. The van der Waals surface area contributed by atoms with E-state index < -0.39 is 17.4 Å². The predicted molar refractivity (Wildman–Crippen MR) is 64.8 cm³/mol. The number of nitrogens with zero attached hydrogens (tertiary/aromatic N) is 2. The molecule has 1 aliphatic carbocycles. The summed E-state index contributed by atoms with van der Waals surface area (Å²) in [6, 6.07) is 1.41. The molecule has 6 heteroatoms. The van der Waals surface area contributed by atoms with Crippen LogP contribution in [0, 0.1) is 22.7 Å². The Balaban J connectivity index is 2.16. The van der Waals surface area contributed by atoms with Gasteiger partial charge in [0.25, 0.3) is 0 Å². The lowest BCUT2D eigenvalue weighted by Gasteiger charge is -2.44. The Bertz CT molecular complexity index is 423. The molecule has 2 fully saturated rings. The zero-order valence-corrected chi connectivity index (χ0v) is 11.2. The van der Waals surface area contributed by atoms with Crippen molar-refractivity contribution in [3.8, 4) is 6.07 Å². The van der Waals surface area contributed by atoms with E-state index in [1.165, 1.54) is 12.0 Å². The number of esters is 1. The molecule has 0 N–H and O–H groups in total. The van der Waals surface area contributed by atoms with E-state index in [1.54, 1.807) is 0 Å². The van der Waals surface area contributed by atoms with Crippen LogP contribution in [-0.4, -0.2) is 49.7 Å². The minimum Gasteiger partial charge on any atom is -0.467 e. The highest BCUT2D eigenvalue weighted by atomic mass is 16.5. The summed E-state index contributed by atoms with van der Waals surface area (Å²) in [5.41, 5.74) is -0.955. The van der Waals surface area contributed by atoms with Crippen LogP contribution in [0.5, 0.6) is 0 Å². The van der Waals surface area contributed by atoms with Crippen molar-refractivity contribution >= 4 is 11.9 Å². The van der Waals surface area contributed by atoms with Crippen LogP contribution in [0.2, 0.25) is 0 Å². The molecule has 0 radical (unpaired) electrons. The second-order valence-corrected chi connectivity index (χ2v) is 5.32. The predicted octanol–water partition coefficient (Wildman–Crippen LogP) is 0.327. The van der Waals surface area contributed by atoms with Gasteiger partial charge in [-0.15, -0.1) is 0 Å². The van der Waals surface area contributed by atoms with Crippen molar-refractivity contribution in [2.24, 2.45) is 11.3 Å². The summed E-state index contributed by atoms with van der Waals surface area (Å²) in [5, 5.41) is 9.29. The molecule has 19 heavy (non-hydrogen) atoms. The molecular formula is C13H18N2O4. The van der Waals surface area contributed by atoms with Crippen molar-refractivity contribution in [2.45, 2.75) is 25.8 Å². The number of nitriles is 1. The average Bonchev–Trinajstić information content (AvgIpc) is 2.42. The monoisotopic (exact) mass is 266 g/mol. The van der Waals surface area contributed by atoms with Gasteiger partial charge in [0, 0.05) is 6.54 Å². The van der Waals surface area contributed by atoms with Gasteiger partial charge in [-0.3, -0.25) is 4.79 Å². The van der Waals surface area contributed by atoms with Gasteiger partial charge in [-0.25, -0.2) is 4.79 Å². The number of rotatable bonds is 2. The van der Waals surface area contributed by atoms with E-state index in [2.05, 4.69) is 6.07 Å². The molecule has 104 valence electrons. The normalized spacial score (nSPS) is 34.1. The van der Waals surface area contributed by atoms with Crippen LogP contribution in [0.15, 0.2) is 0 Å². The van der Waals surface area contributed by atoms with E-state index in [9.17, 15) is 14.9 Å². The van der Waals surface area contributed by atoms with E-state index in [1.807, 2.05) is 6.92 Å². The maximum atomic E-state index is 12.5. The summed E-state index contributed by atoms with van der Waals surface area (Å²) in [7, 11) is 1.28. The molecule has 2 rings (SSSR count). The van der Waals surface area contributed by atoms with E-state index >= 15 is 0 Å². The number of methoxy groups -OCH3 is 1. The van der Waals surface area contributed by atoms with E-state index in [0.717, 1.165) is 0 Å². The van der Waals surface area contributed by atoms with Gasteiger partial charge in [0.05, 0.1) is 26.4 Å². The molecule has 0 aromatic carbocycles. The molecule has 1 aliphatic heterocycles. The topological polar surface area (TPSA) is 79.6 Å². The fraction of sp³-hybridized carbons (Fsp3) is 0.769. The van der Waals surface area contributed by atoms with Crippen LogP contribution in [0.4, 0.5) is 0 Å². The van der Waals surface area contributed by atoms with Crippen LogP contribution < -0.4 is 0 Å². The Kier molecular flexibility index (Phi) is 3.76. The standard InChI is InChI=1S/C13H18N2O4/c1-9-5-13(6-9,8-14)12(17)15-3-4-19-7-10(15)11(16)18-2/h9-10H,3-7H2,1-2H3. The summed E-state index contributed by atoms with van der Waals surface area (Å²) in [6.45, 7) is 2.86. The Labute approximate surface area is 112 Å². The fourth-order valence-electron chi connectivity index (χ4n) is 2.90. The van der Waals surface area contributed by atoms with Gasteiger partial charge in [-0.1, -0.05) is 6.92 Å².